The molecule has 1 atom stereocenters. The Bertz CT molecular complexity index is 1180. The minimum atomic E-state index is -1.12. The predicted octanol–water partition coefficient (Wildman–Crippen LogP) is 4.81. The van der Waals surface area contributed by atoms with E-state index in [-0.39, 0.29) is 19.1 Å². The lowest BCUT2D eigenvalue weighted by Crippen LogP contribution is -2.49. The van der Waals surface area contributed by atoms with Crippen LogP contribution in [0.3, 0.4) is 0 Å². The van der Waals surface area contributed by atoms with Crippen LogP contribution in [0.5, 0.6) is 0 Å². The Morgan fingerprint density at radius 3 is 2.08 bits per heavy atom. The summed E-state index contributed by atoms with van der Waals surface area (Å²) in [7, 11) is 0. The number of aliphatic carboxylic acids is 1. The summed E-state index contributed by atoms with van der Waals surface area (Å²) in [5.74, 6) is -1.66. The van der Waals surface area contributed by atoms with Crippen LogP contribution in [-0.2, 0) is 20.9 Å². The van der Waals surface area contributed by atoms with Crippen molar-refractivity contribution < 1.29 is 24.2 Å². The number of benzene rings is 3. The second-order valence-electron chi connectivity index (χ2n) is 8.88. The van der Waals surface area contributed by atoms with Crippen LogP contribution in [0.4, 0.5) is 4.79 Å². The predicted molar refractivity (Wildman–Crippen MR) is 136 cm³/mol. The molecule has 4 rings (SSSR count). The number of nitrogens with one attached hydrogen (secondary N) is 1. The third-order valence-electron chi connectivity index (χ3n) is 6.37. The normalized spacial score (nSPS) is 12.8. The number of carbonyl (C=O) groups is 3. The van der Waals surface area contributed by atoms with E-state index >= 15 is 0 Å². The van der Waals surface area contributed by atoms with Crippen LogP contribution in [0.1, 0.15) is 42.4 Å². The second kappa shape index (κ2) is 11.5. The second-order valence-corrected chi connectivity index (χ2v) is 8.88. The number of hydrogen-bond acceptors (Lipinski definition) is 4. The van der Waals surface area contributed by atoms with E-state index in [9.17, 15) is 19.5 Å². The smallest absolute Gasteiger partial charge is 0.407 e. The molecule has 0 spiro atoms. The van der Waals surface area contributed by atoms with Crippen LogP contribution in [-0.4, -0.2) is 47.2 Å². The first kappa shape index (κ1) is 25.0. The number of alkyl carbamates (subject to hydrolysis) is 1. The van der Waals surface area contributed by atoms with Gasteiger partial charge in [-0.25, -0.2) is 4.79 Å². The van der Waals surface area contributed by atoms with E-state index in [0.29, 0.717) is 12.8 Å². The molecule has 3 aromatic carbocycles. The average molecular weight is 487 g/mol. The van der Waals surface area contributed by atoms with Gasteiger partial charge >= 0.3 is 12.1 Å². The Hall–Kier alpha value is -4.13. The summed E-state index contributed by atoms with van der Waals surface area (Å²) in [6, 6.07) is 24.4. The van der Waals surface area contributed by atoms with Gasteiger partial charge in [-0.1, -0.05) is 92.2 Å². The molecule has 2 amide bonds. The fraction of sp³-hybridized carbons (Fsp3) is 0.276. The fourth-order valence-corrected chi connectivity index (χ4v) is 4.73. The molecule has 1 aliphatic carbocycles. The number of rotatable bonds is 10. The zero-order chi connectivity index (χ0) is 25.5. The lowest BCUT2D eigenvalue weighted by Gasteiger charge is -2.26. The monoisotopic (exact) mass is 486 g/mol. The van der Waals surface area contributed by atoms with Crippen molar-refractivity contribution in [1.82, 2.24) is 10.2 Å². The Kier molecular flexibility index (Phi) is 8.00. The molecule has 0 radical (unpaired) electrons. The Morgan fingerprint density at radius 2 is 1.50 bits per heavy atom. The number of hydrogen-bond donors (Lipinski definition) is 2. The van der Waals surface area contributed by atoms with Crippen molar-refractivity contribution in [2.24, 2.45) is 0 Å². The third-order valence-corrected chi connectivity index (χ3v) is 6.37. The van der Waals surface area contributed by atoms with Crippen molar-refractivity contribution in [1.29, 1.82) is 0 Å². The SMILES string of the molecule is CCCC(NC(=O)OCC1c2ccccc2-c2ccccc21)C(=O)N(CC(=O)O)Cc1ccccc1. The van der Waals surface area contributed by atoms with Gasteiger partial charge in [0.2, 0.25) is 5.91 Å². The van der Waals surface area contributed by atoms with Gasteiger partial charge in [-0.15, -0.1) is 0 Å². The van der Waals surface area contributed by atoms with Crippen molar-refractivity contribution in [3.8, 4) is 11.1 Å². The van der Waals surface area contributed by atoms with Gasteiger partial charge in [0.1, 0.15) is 19.2 Å². The Balaban J connectivity index is 1.44. The molecule has 186 valence electrons. The molecule has 0 bridgehead atoms. The molecule has 0 saturated carbocycles. The number of carbonyl (C=O) groups excluding carboxylic acids is 2. The van der Waals surface area contributed by atoms with E-state index in [0.717, 1.165) is 27.8 Å². The van der Waals surface area contributed by atoms with Gasteiger partial charge in [-0.2, -0.15) is 0 Å². The van der Waals surface area contributed by atoms with Crippen LogP contribution < -0.4 is 5.32 Å². The molecule has 0 fully saturated rings. The van der Waals surface area contributed by atoms with Crippen molar-refractivity contribution >= 4 is 18.0 Å². The number of amides is 2. The summed E-state index contributed by atoms with van der Waals surface area (Å²) in [5, 5.41) is 12.0. The average Bonchev–Trinajstić information content (AvgIpc) is 3.20. The van der Waals surface area contributed by atoms with E-state index in [1.807, 2.05) is 73.7 Å². The van der Waals surface area contributed by atoms with Gasteiger partial charge in [-0.05, 0) is 34.2 Å². The van der Waals surface area contributed by atoms with Gasteiger partial charge < -0.3 is 20.1 Å². The van der Waals surface area contributed by atoms with Crippen LogP contribution in [0.15, 0.2) is 78.9 Å². The third kappa shape index (κ3) is 5.74. The summed E-state index contributed by atoms with van der Waals surface area (Å²) in [5.41, 5.74) is 5.27. The number of nitrogens with zero attached hydrogens (tertiary/aromatic N) is 1. The summed E-state index contributed by atoms with van der Waals surface area (Å²) in [6.07, 6.45) is 0.305. The first-order valence-corrected chi connectivity index (χ1v) is 12.1. The molecule has 1 unspecified atom stereocenters. The van der Waals surface area contributed by atoms with Crippen LogP contribution in [0.2, 0.25) is 0 Å². The Morgan fingerprint density at radius 1 is 0.917 bits per heavy atom. The van der Waals surface area contributed by atoms with Crippen molar-refractivity contribution in [3.05, 3.63) is 95.6 Å². The highest BCUT2D eigenvalue weighted by Crippen LogP contribution is 2.44. The van der Waals surface area contributed by atoms with E-state index < -0.39 is 30.6 Å². The summed E-state index contributed by atoms with van der Waals surface area (Å²) < 4.78 is 5.61. The van der Waals surface area contributed by atoms with Gasteiger partial charge in [0.25, 0.3) is 0 Å². The highest BCUT2D eigenvalue weighted by molar-refractivity contribution is 5.88. The number of fused-ring (bicyclic) bond motifs is 3. The molecular weight excluding hydrogens is 456 g/mol. The van der Waals surface area contributed by atoms with E-state index in [2.05, 4.69) is 17.4 Å². The quantitative estimate of drug-likeness (QED) is 0.429. The number of ether oxygens (including phenoxy) is 1. The van der Waals surface area contributed by atoms with Crippen LogP contribution in [0, 0.1) is 0 Å². The van der Waals surface area contributed by atoms with Crippen molar-refractivity contribution in [3.63, 3.8) is 0 Å². The number of carboxylic acid groups (broad SMARTS) is 1. The fourth-order valence-electron chi connectivity index (χ4n) is 4.73. The molecule has 2 N–H and O–H groups in total. The maximum absolute atomic E-state index is 13.3. The highest BCUT2D eigenvalue weighted by Gasteiger charge is 2.31. The largest absolute Gasteiger partial charge is 0.480 e. The Labute approximate surface area is 210 Å². The van der Waals surface area contributed by atoms with E-state index in [1.54, 1.807) is 0 Å². The van der Waals surface area contributed by atoms with Crippen LogP contribution in [0.25, 0.3) is 11.1 Å². The van der Waals surface area contributed by atoms with Crippen molar-refractivity contribution in [2.45, 2.75) is 38.3 Å². The minimum absolute atomic E-state index is 0.0925. The van der Waals surface area contributed by atoms with Gasteiger partial charge in [0.05, 0.1) is 0 Å². The first-order chi connectivity index (χ1) is 17.5. The van der Waals surface area contributed by atoms with Gasteiger partial charge in [0, 0.05) is 12.5 Å². The molecule has 0 saturated heterocycles. The summed E-state index contributed by atoms with van der Waals surface area (Å²) in [4.78, 5) is 38.8. The maximum atomic E-state index is 13.3. The van der Waals surface area contributed by atoms with Crippen LogP contribution >= 0.6 is 0 Å². The topological polar surface area (TPSA) is 95.9 Å². The molecule has 7 nitrogen and oxygen atoms in total. The summed E-state index contributed by atoms with van der Waals surface area (Å²) in [6.45, 7) is 1.72. The lowest BCUT2D eigenvalue weighted by atomic mass is 9.98. The van der Waals surface area contributed by atoms with Crippen molar-refractivity contribution in [2.75, 3.05) is 13.2 Å². The van der Waals surface area contributed by atoms with E-state index in [4.69, 9.17) is 4.74 Å². The van der Waals surface area contributed by atoms with Gasteiger partial charge in [0.15, 0.2) is 0 Å². The maximum Gasteiger partial charge on any atom is 0.407 e. The molecular formula is C29H30N2O5. The van der Waals surface area contributed by atoms with E-state index in [1.165, 1.54) is 4.90 Å². The lowest BCUT2D eigenvalue weighted by molar-refractivity contribution is -0.145. The molecule has 3 aromatic rings. The zero-order valence-electron chi connectivity index (χ0n) is 20.2. The molecule has 0 aromatic heterocycles. The van der Waals surface area contributed by atoms with Gasteiger partial charge in [-0.3, -0.25) is 9.59 Å². The molecule has 36 heavy (non-hydrogen) atoms. The molecule has 1 aliphatic rings. The zero-order valence-corrected chi connectivity index (χ0v) is 20.2. The molecule has 0 heterocycles. The number of carboxylic acids is 1. The highest BCUT2D eigenvalue weighted by atomic mass is 16.5. The molecule has 0 aliphatic heterocycles. The molecule has 7 heteroatoms. The standard InChI is InChI=1S/C29H30N2O5/c1-2-10-26(28(34)31(18-27(32)33)17-20-11-4-3-5-12-20)30-29(35)36-19-25-23-15-8-6-13-21(23)22-14-7-9-16-24(22)25/h3-9,11-16,25-26H,2,10,17-19H2,1H3,(H,30,35)(H,32,33). The first-order valence-electron chi connectivity index (χ1n) is 12.1. The summed E-state index contributed by atoms with van der Waals surface area (Å²) >= 11 is 0. The minimum Gasteiger partial charge on any atom is -0.480 e.